The van der Waals surface area contributed by atoms with Crippen molar-refractivity contribution in [3.05, 3.63) is 94.5 Å². The maximum Gasteiger partial charge on any atom is 0.264 e. The molecule has 1 aliphatic rings. The summed E-state index contributed by atoms with van der Waals surface area (Å²) in [5.74, 6) is -0.393. The van der Waals surface area contributed by atoms with Gasteiger partial charge in [-0.3, -0.25) is 14.0 Å². The Morgan fingerprint density at radius 3 is 2.39 bits per heavy atom. The standard InChI is InChI=1S/C28H32ClN3O3S/c1-22-26(29)14-9-15-27(22)32(36(34,35)25-12-4-2-5-13-25)21-28(33)30-19-23-10-8-11-24(18-23)20-31-16-6-3-7-17-31/h2,4-5,8-15,18H,3,6-7,16-17,19-21H2,1H3,(H,30,33). The van der Waals surface area contributed by atoms with Crippen LogP contribution in [-0.4, -0.2) is 38.9 Å². The van der Waals surface area contributed by atoms with Crippen LogP contribution in [0.4, 0.5) is 5.69 Å². The van der Waals surface area contributed by atoms with Crippen molar-refractivity contribution < 1.29 is 13.2 Å². The van der Waals surface area contributed by atoms with Gasteiger partial charge in [0.05, 0.1) is 10.6 Å². The Morgan fingerprint density at radius 1 is 0.944 bits per heavy atom. The van der Waals surface area contributed by atoms with E-state index in [9.17, 15) is 13.2 Å². The lowest BCUT2D eigenvalue weighted by atomic mass is 10.1. The van der Waals surface area contributed by atoms with Gasteiger partial charge in [-0.15, -0.1) is 0 Å². The summed E-state index contributed by atoms with van der Waals surface area (Å²) in [7, 11) is -3.99. The van der Waals surface area contributed by atoms with E-state index >= 15 is 0 Å². The molecule has 1 aliphatic heterocycles. The molecule has 0 atom stereocenters. The number of likely N-dealkylation sites (tertiary alicyclic amines) is 1. The van der Waals surface area contributed by atoms with Crippen LogP contribution in [0.1, 0.15) is 36.0 Å². The zero-order chi connectivity index (χ0) is 25.5. The van der Waals surface area contributed by atoms with Crippen LogP contribution in [-0.2, 0) is 27.9 Å². The van der Waals surface area contributed by atoms with Crippen LogP contribution in [0.2, 0.25) is 5.02 Å². The second-order valence-electron chi connectivity index (χ2n) is 9.14. The largest absolute Gasteiger partial charge is 0.350 e. The second-order valence-corrected chi connectivity index (χ2v) is 11.4. The van der Waals surface area contributed by atoms with E-state index in [4.69, 9.17) is 11.6 Å². The van der Waals surface area contributed by atoms with Crippen LogP contribution in [0.15, 0.2) is 77.7 Å². The molecule has 1 amide bonds. The number of piperidine rings is 1. The molecule has 0 saturated carbocycles. The second kappa shape index (κ2) is 11.9. The fraction of sp³-hybridized carbons (Fsp3) is 0.321. The highest BCUT2D eigenvalue weighted by atomic mass is 35.5. The van der Waals surface area contributed by atoms with Crippen molar-refractivity contribution in [3.8, 4) is 0 Å². The summed E-state index contributed by atoms with van der Waals surface area (Å²) < 4.78 is 28.2. The van der Waals surface area contributed by atoms with E-state index in [2.05, 4.69) is 22.3 Å². The fourth-order valence-electron chi connectivity index (χ4n) is 4.49. The summed E-state index contributed by atoms with van der Waals surface area (Å²) in [5.41, 5.74) is 3.17. The Kier molecular flexibility index (Phi) is 8.67. The molecule has 0 radical (unpaired) electrons. The third-order valence-electron chi connectivity index (χ3n) is 6.46. The summed E-state index contributed by atoms with van der Waals surface area (Å²) >= 11 is 6.29. The lowest BCUT2D eigenvalue weighted by Crippen LogP contribution is -2.41. The minimum atomic E-state index is -3.99. The van der Waals surface area contributed by atoms with Crippen LogP contribution >= 0.6 is 11.6 Å². The lowest BCUT2D eigenvalue weighted by molar-refractivity contribution is -0.119. The van der Waals surface area contributed by atoms with Gasteiger partial charge in [-0.2, -0.15) is 0 Å². The fourth-order valence-corrected chi connectivity index (χ4v) is 6.16. The maximum atomic E-state index is 13.5. The highest BCUT2D eigenvalue weighted by Gasteiger charge is 2.28. The van der Waals surface area contributed by atoms with Crippen molar-refractivity contribution in [2.24, 2.45) is 0 Å². The number of carbonyl (C=O) groups excluding carboxylic acids is 1. The molecule has 0 unspecified atom stereocenters. The highest BCUT2D eigenvalue weighted by molar-refractivity contribution is 7.92. The molecule has 0 bridgehead atoms. The first kappa shape index (κ1) is 26.2. The topological polar surface area (TPSA) is 69.7 Å². The van der Waals surface area contributed by atoms with Crippen LogP contribution in [0.5, 0.6) is 0 Å². The summed E-state index contributed by atoms with van der Waals surface area (Å²) in [6.07, 6.45) is 3.78. The monoisotopic (exact) mass is 525 g/mol. The van der Waals surface area contributed by atoms with Gasteiger partial charge >= 0.3 is 0 Å². The highest BCUT2D eigenvalue weighted by Crippen LogP contribution is 2.30. The van der Waals surface area contributed by atoms with Crippen molar-refractivity contribution in [1.29, 1.82) is 0 Å². The average Bonchev–Trinajstić information content (AvgIpc) is 2.89. The number of carbonyl (C=O) groups is 1. The molecule has 3 aromatic carbocycles. The Labute approximate surface area is 218 Å². The first-order valence-corrected chi connectivity index (χ1v) is 14.1. The smallest absolute Gasteiger partial charge is 0.264 e. The number of amides is 1. The number of hydrogen-bond acceptors (Lipinski definition) is 4. The van der Waals surface area contributed by atoms with Gasteiger partial charge in [0.15, 0.2) is 0 Å². The third kappa shape index (κ3) is 6.46. The number of nitrogens with one attached hydrogen (secondary N) is 1. The molecule has 4 rings (SSSR count). The van der Waals surface area contributed by atoms with Crippen LogP contribution in [0, 0.1) is 6.92 Å². The van der Waals surface area contributed by atoms with Crippen LogP contribution < -0.4 is 9.62 Å². The van der Waals surface area contributed by atoms with Gasteiger partial charge in [0.25, 0.3) is 10.0 Å². The molecule has 3 aromatic rings. The summed E-state index contributed by atoms with van der Waals surface area (Å²) in [6.45, 7) is 4.85. The molecule has 1 saturated heterocycles. The van der Waals surface area contributed by atoms with Crippen molar-refractivity contribution in [2.45, 2.75) is 44.2 Å². The molecule has 0 spiro atoms. The number of anilines is 1. The number of benzene rings is 3. The van der Waals surface area contributed by atoms with E-state index in [0.29, 0.717) is 22.8 Å². The van der Waals surface area contributed by atoms with E-state index in [1.165, 1.54) is 37.0 Å². The molecular formula is C28H32ClN3O3S. The predicted octanol–water partition coefficient (Wildman–Crippen LogP) is 5.15. The number of rotatable bonds is 9. The van der Waals surface area contributed by atoms with Gasteiger partial charge in [-0.1, -0.05) is 66.6 Å². The van der Waals surface area contributed by atoms with Gasteiger partial charge < -0.3 is 5.32 Å². The number of halogens is 1. The van der Waals surface area contributed by atoms with Gasteiger partial charge in [-0.05, 0) is 73.8 Å². The molecule has 0 aromatic heterocycles. The van der Waals surface area contributed by atoms with Gasteiger partial charge in [-0.25, -0.2) is 8.42 Å². The summed E-state index contributed by atoms with van der Waals surface area (Å²) in [5, 5.41) is 3.33. The number of sulfonamides is 1. The van der Waals surface area contributed by atoms with Crippen LogP contribution in [0.25, 0.3) is 0 Å². The van der Waals surface area contributed by atoms with Gasteiger partial charge in [0, 0.05) is 18.1 Å². The minimum Gasteiger partial charge on any atom is -0.350 e. The Balaban J connectivity index is 1.49. The zero-order valence-electron chi connectivity index (χ0n) is 20.5. The summed E-state index contributed by atoms with van der Waals surface area (Å²) in [6, 6.07) is 21.3. The van der Waals surface area contributed by atoms with Gasteiger partial charge in [0.2, 0.25) is 5.91 Å². The van der Waals surface area contributed by atoms with E-state index in [0.717, 1.165) is 29.5 Å². The minimum absolute atomic E-state index is 0.114. The zero-order valence-corrected chi connectivity index (χ0v) is 22.1. The lowest BCUT2D eigenvalue weighted by Gasteiger charge is -2.26. The predicted molar refractivity (Wildman–Crippen MR) is 145 cm³/mol. The molecule has 6 nitrogen and oxygen atoms in total. The number of hydrogen-bond donors (Lipinski definition) is 1. The Bertz CT molecular complexity index is 1290. The summed E-state index contributed by atoms with van der Waals surface area (Å²) in [4.78, 5) is 15.6. The molecular weight excluding hydrogens is 494 g/mol. The molecule has 190 valence electrons. The molecule has 0 aliphatic carbocycles. The molecule has 8 heteroatoms. The average molecular weight is 526 g/mol. The molecule has 36 heavy (non-hydrogen) atoms. The van der Waals surface area contributed by atoms with E-state index < -0.39 is 15.9 Å². The molecule has 1 heterocycles. The normalized spacial score (nSPS) is 14.4. The first-order chi connectivity index (χ1) is 17.3. The molecule has 1 N–H and O–H groups in total. The van der Waals surface area contributed by atoms with Crippen molar-refractivity contribution in [3.63, 3.8) is 0 Å². The Morgan fingerprint density at radius 2 is 1.64 bits per heavy atom. The van der Waals surface area contributed by atoms with E-state index in [1.54, 1.807) is 43.3 Å². The maximum absolute atomic E-state index is 13.5. The van der Waals surface area contributed by atoms with Crippen molar-refractivity contribution in [1.82, 2.24) is 10.2 Å². The third-order valence-corrected chi connectivity index (χ3v) is 8.65. The quantitative estimate of drug-likeness (QED) is 0.419. The van der Waals surface area contributed by atoms with E-state index in [1.807, 2.05) is 12.1 Å². The Hall–Kier alpha value is -2.87. The van der Waals surface area contributed by atoms with Gasteiger partial charge in [0.1, 0.15) is 6.54 Å². The van der Waals surface area contributed by atoms with E-state index in [-0.39, 0.29) is 11.4 Å². The molecule has 1 fully saturated rings. The SMILES string of the molecule is Cc1c(Cl)cccc1N(CC(=O)NCc1cccc(CN2CCCCC2)c1)S(=O)(=O)c1ccccc1. The first-order valence-electron chi connectivity index (χ1n) is 12.2. The van der Waals surface area contributed by atoms with Crippen molar-refractivity contribution >= 4 is 33.2 Å². The van der Waals surface area contributed by atoms with Crippen molar-refractivity contribution in [2.75, 3.05) is 23.9 Å². The van der Waals surface area contributed by atoms with Crippen LogP contribution in [0.3, 0.4) is 0 Å². The number of nitrogens with zero attached hydrogens (tertiary/aromatic N) is 2.